The van der Waals surface area contributed by atoms with Crippen LogP contribution in [0.3, 0.4) is 0 Å². The van der Waals surface area contributed by atoms with E-state index in [4.69, 9.17) is 0 Å². The fraction of sp³-hybridized carbons (Fsp3) is 0.529. The summed E-state index contributed by atoms with van der Waals surface area (Å²) in [6, 6.07) is 9.02. The van der Waals surface area contributed by atoms with Gasteiger partial charge in [0.05, 0.1) is 6.04 Å². The standard InChI is InChI=1S/C17H21N3O2/c21-16-17(22)20-7-6-19(11-15(20)9-18-16)10-12-2-1-3-14(8-12)13-4-5-13/h1-3,8,13,15H,4-7,9-11H2,(H,18,21). The Morgan fingerprint density at radius 3 is 2.86 bits per heavy atom. The second-order valence-electron chi connectivity index (χ2n) is 6.62. The molecule has 3 aliphatic rings. The first kappa shape index (κ1) is 13.8. The zero-order chi connectivity index (χ0) is 15.1. The van der Waals surface area contributed by atoms with E-state index in [9.17, 15) is 9.59 Å². The predicted molar refractivity (Wildman–Crippen MR) is 82.2 cm³/mol. The topological polar surface area (TPSA) is 52.7 Å². The highest BCUT2D eigenvalue weighted by Gasteiger charge is 2.37. The normalized spacial score (nSPS) is 25.8. The Morgan fingerprint density at radius 1 is 1.18 bits per heavy atom. The van der Waals surface area contributed by atoms with Gasteiger partial charge in [-0.15, -0.1) is 0 Å². The first-order valence-electron chi connectivity index (χ1n) is 8.11. The largest absolute Gasteiger partial charge is 0.346 e. The van der Waals surface area contributed by atoms with Crippen molar-refractivity contribution in [3.05, 3.63) is 35.4 Å². The molecule has 0 bridgehead atoms. The molecule has 22 heavy (non-hydrogen) atoms. The predicted octanol–water partition coefficient (Wildman–Crippen LogP) is 0.707. The number of amides is 2. The minimum Gasteiger partial charge on any atom is -0.346 e. The number of nitrogens with zero attached hydrogens (tertiary/aromatic N) is 2. The quantitative estimate of drug-likeness (QED) is 0.836. The average Bonchev–Trinajstić information content (AvgIpc) is 3.36. The van der Waals surface area contributed by atoms with Gasteiger partial charge in [0.25, 0.3) is 0 Å². The minimum absolute atomic E-state index is 0.116. The number of carbonyl (C=O) groups is 2. The lowest BCUT2D eigenvalue weighted by Crippen LogP contribution is -2.65. The average molecular weight is 299 g/mol. The Labute approximate surface area is 130 Å². The monoisotopic (exact) mass is 299 g/mol. The minimum atomic E-state index is -0.457. The number of rotatable bonds is 3. The molecule has 2 saturated heterocycles. The van der Waals surface area contributed by atoms with Crippen LogP contribution in [0.5, 0.6) is 0 Å². The summed E-state index contributed by atoms with van der Waals surface area (Å²) in [6.07, 6.45) is 2.65. The maximum Gasteiger partial charge on any atom is 0.312 e. The van der Waals surface area contributed by atoms with Crippen LogP contribution in [0.2, 0.25) is 0 Å². The molecule has 0 aromatic heterocycles. The smallest absolute Gasteiger partial charge is 0.312 e. The van der Waals surface area contributed by atoms with E-state index in [0.717, 1.165) is 25.6 Å². The van der Waals surface area contributed by atoms with Crippen molar-refractivity contribution < 1.29 is 9.59 Å². The highest BCUT2D eigenvalue weighted by molar-refractivity contribution is 6.35. The summed E-state index contributed by atoms with van der Waals surface area (Å²) in [5.41, 5.74) is 2.82. The Hall–Kier alpha value is -1.88. The molecule has 2 amide bonds. The van der Waals surface area contributed by atoms with Crippen LogP contribution < -0.4 is 5.32 Å². The number of piperazine rings is 2. The maximum atomic E-state index is 11.8. The number of fused-ring (bicyclic) bond motifs is 1. The molecule has 0 radical (unpaired) electrons. The van der Waals surface area contributed by atoms with Gasteiger partial charge in [0.2, 0.25) is 0 Å². The van der Waals surface area contributed by atoms with Gasteiger partial charge < -0.3 is 10.2 Å². The zero-order valence-electron chi connectivity index (χ0n) is 12.6. The number of nitrogens with one attached hydrogen (secondary N) is 1. The Kier molecular flexibility index (Phi) is 3.37. The first-order chi connectivity index (χ1) is 10.7. The van der Waals surface area contributed by atoms with Crippen LogP contribution in [0.25, 0.3) is 0 Å². The molecule has 1 unspecified atom stereocenters. The van der Waals surface area contributed by atoms with E-state index < -0.39 is 5.91 Å². The van der Waals surface area contributed by atoms with Crippen LogP contribution in [0.15, 0.2) is 24.3 Å². The van der Waals surface area contributed by atoms with Crippen LogP contribution in [-0.2, 0) is 16.1 Å². The molecule has 1 atom stereocenters. The van der Waals surface area contributed by atoms with E-state index >= 15 is 0 Å². The van der Waals surface area contributed by atoms with Crippen LogP contribution >= 0.6 is 0 Å². The van der Waals surface area contributed by atoms with Crippen molar-refractivity contribution in [2.45, 2.75) is 31.3 Å². The van der Waals surface area contributed by atoms with Crippen molar-refractivity contribution in [1.29, 1.82) is 0 Å². The lowest BCUT2D eigenvalue weighted by Gasteiger charge is -2.43. The lowest BCUT2D eigenvalue weighted by atomic mass is 10.0. The molecule has 1 N–H and O–H groups in total. The second kappa shape index (κ2) is 5.39. The number of hydrogen-bond acceptors (Lipinski definition) is 3. The van der Waals surface area contributed by atoms with Crippen LogP contribution in [-0.4, -0.2) is 53.8 Å². The summed E-state index contributed by atoms with van der Waals surface area (Å²) in [6.45, 7) is 3.82. The van der Waals surface area contributed by atoms with Gasteiger partial charge in [-0.3, -0.25) is 14.5 Å². The molecule has 2 heterocycles. The van der Waals surface area contributed by atoms with Crippen molar-refractivity contribution in [3.63, 3.8) is 0 Å². The Bertz CT molecular complexity index is 612. The fourth-order valence-corrected chi connectivity index (χ4v) is 3.54. The highest BCUT2D eigenvalue weighted by Crippen LogP contribution is 2.40. The van der Waals surface area contributed by atoms with Crippen molar-refractivity contribution in [1.82, 2.24) is 15.1 Å². The van der Waals surface area contributed by atoms with Gasteiger partial charge in [-0.2, -0.15) is 0 Å². The van der Waals surface area contributed by atoms with Crippen LogP contribution in [0.4, 0.5) is 0 Å². The molecule has 1 aromatic rings. The SMILES string of the molecule is O=C1NCC2CN(Cc3cccc(C4CC4)c3)CCN2C1=O. The first-order valence-corrected chi connectivity index (χ1v) is 8.11. The Balaban J connectivity index is 1.41. The molecule has 0 spiro atoms. The van der Waals surface area contributed by atoms with Crippen LogP contribution in [0.1, 0.15) is 29.9 Å². The molecule has 1 aliphatic carbocycles. The van der Waals surface area contributed by atoms with Crippen molar-refractivity contribution >= 4 is 11.8 Å². The van der Waals surface area contributed by atoms with E-state index in [1.54, 1.807) is 4.90 Å². The van der Waals surface area contributed by atoms with Crippen LogP contribution in [0, 0.1) is 0 Å². The molecule has 2 aliphatic heterocycles. The Morgan fingerprint density at radius 2 is 2.05 bits per heavy atom. The molecular formula is C17H21N3O2. The molecule has 116 valence electrons. The van der Waals surface area contributed by atoms with E-state index in [2.05, 4.69) is 34.5 Å². The summed E-state index contributed by atoms with van der Waals surface area (Å²) in [7, 11) is 0. The summed E-state index contributed by atoms with van der Waals surface area (Å²) < 4.78 is 0. The summed E-state index contributed by atoms with van der Waals surface area (Å²) >= 11 is 0. The van der Waals surface area contributed by atoms with Gasteiger partial charge in [-0.25, -0.2) is 0 Å². The third-order valence-electron chi connectivity index (χ3n) is 4.93. The van der Waals surface area contributed by atoms with Gasteiger partial charge in [0.15, 0.2) is 0 Å². The van der Waals surface area contributed by atoms with Crippen molar-refractivity contribution in [2.75, 3.05) is 26.2 Å². The van der Waals surface area contributed by atoms with Gasteiger partial charge in [0, 0.05) is 32.7 Å². The molecule has 5 nitrogen and oxygen atoms in total. The van der Waals surface area contributed by atoms with Crippen molar-refractivity contribution in [3.8, 4) is 0 Å². The number of hydrogen-bond donors (Lipinski definition) is 1. The molecule has 4 rings (SSSR count). The third-order valence-corrected chi connectivity index (χ3v) is 4.93. The lowest BCUT2D eigenvalue weighted by molar-refractivity contribution is -0.152. The number of carbonyl (C=O) groups excluding carboxylic acids is 2. The molecule has 1 aromatic carbocycles. The zero-order valence-corrected chi connectivity index (χ0v) is 12.6. The van der Waals surface area contributed by atoms with E-state index in [0.29, 0.717) is 13.1 Å². The van der Waals surface area contributed by atoms with E-state index in [1.165, 1.54) is 24.0 Å². The van der Waals surface area contributed by atoms with Gasteiger partial charge >= 0.3 is 11.8 Å². The third kappa shape index (κ3) is 2.61. The van der Waals surface area contributed by atoms with Gasteiger partial charge in [-0.1, -0.05) is 24.3 Å². The van der Waals surface area contributed by atoms with Gasteiger partial charge in [0.1, 0.15) is 0 Å². The molecule has 3 fully saturated rings. The number of benzene rings is 1. The highest BCUT2D eigenvalue weighted by atomic mass is 16.2. The molecular weight excluding hydrogens is 278 g/mol. The molecule has 5 heteroatoms. The van der Waals surface area contributed by atoms with E-state index in [-0.39, 0.29) is 11.9 Å². The summed E-state index contributed by atoms with van der Waals surface area (Å²) in [5.74, 6) is -0.0450. The van der Waals surface area contributed by atoms with Gasteiger partial charge in [-0.05, 0) is 29.9 Å². The maximum absolute atomic E-state index is 11.8. The summed E-state index contributed by atoms with van der Waals surface area (Å²) in [4.78, 5) is 27.4. The fourth-order valence-electron chi connectivity index (χ4n) is 3.54. The van der Waals surface area contributed by atoms with Crippen molar-refractivity contribution in [2.24, 2.45) is 0 Å². The second-order valence-corrected chi connectivity index (χ2v) is 6.62. The van der Waals surface area contributed by atoms with E-state index in [1.807, 2.05) is 0 Å². The molecule has 1 saturated carbocycles. The summed E-state index contributed by atoms with van der Waals surface area (Å²) in [5, 5.41) is 2.69.